The van der Waals surface area contributed by atoms with Crippen LogP contribution in [0.15, 0.2) is 0 Å². The van der Waals surface area contributed by atoms with Gasteiger partial charge in [0.2, 0.25) is 0 Å². The summed E-state index contributed by atoms with van der Waals surface area (Å²) in [4.78, 5) is 4.98. The number of rotatable bonds is 6. The molecule has 1 saturated heterocycles. The molecule has 108 valence electrons. The molecule has 0 aromatic heterocycles. The second-order valence-corrected chi connectivity index (χ2v) is 6.98. The number of likely N-dealkylation sites (tertiary alicyclic amines) is 1. The molecule has 1 heterocycles. The van der Waals surface area contributed by atoms with E-state index >= 15 is 0 Å². The highest BCUT2D eigenvalue weighted by Crippen LogP contribution is 2.25. The zero-order valence-electron chi connectivity index (χ0n) is 13.3. The van der Waals surface area contributed by atoms with Gasteiger partial charge in [-0.15, -0.1) is 0 Å². The fourth-order valence-corrected chi connectivity index (χ4v) is 2.95. The van der Waals surface area contributed by atoms with Crippen LogP contribution < -0.4 is 5.32 Å². The van der Waals surface area contributed by atoms with Crippen LogP contribution in [-0.2, 0) is 0 Å². The van der Waals surface area contributed by atoms with E-state index in [2.05, 4.69) is 57.0 Å². The maximum absolute atomic E-state index is 3.40. The molecule has 3 nitrogen and oxygen atoms in total. The highest BCUT2D eigenvalue weighted by molar-refractivity contribution is 4.85. The van der Waals surface area contributed by atoms with Crippen molar-refractivity contribution in [1.82, 2.24) is 15.1 Å². The Morgan fingerprint density at radius 2 is 1.83 bits per heavy atom. The number of hydrogen-bond acceptors (Lipinski definition) is 3. The molecule has 1 aliphatic rings. The lowest BCUT2D eigenvalue weighted by atomic mass is 9.84. The second kappa shape index (κ2) is 6.88. The van der Waals surface area contributed by atoms with Crippen molar-refractivity contribution in [3.63, 3.8) is 0 Å². The van der Waals surface area contributed by atoms with E-state index in [0.717, 1.165) is 5.92 Å². The predicted octanol–water partition coefficient (Wildman–Crippen LogP) is 1.89. The third-order valence-corrected chi connectivity index (χ3v) is 4.57. The van der Waals surface area contributed by atoms with Crippen LogP contribution in [-0.4, -0.2) is 63.2 Å². The van der Waals surface area contributed by atoms with Crippen molar-refractivity contribution in [1.29, 1.82) is 0 Å². The van der Waals surface area contributed by atoms with E-state index in [1.165, 1.54) is 39.0 Å². The van der Waals surface area contributed by atoms with E-state index in [1.807, 2.05) is 0 Å². The van der Waals surface area contributed by atoms with Gasteiger partial charge in [0, 0.05) is 19.1 Å². The van der Waals surface area contributed by atoms with Gasteiger partial charge in [-0.2, -0.15) is 0 Å². The van der Waals surface area contributed by atoms with E-state index in [0.29, 0.717) is 11.5 Å². The third-order valence-electron chi connectivity index (χ3n) is 4.57. The van der Waals surface area contributed by atoms with Crippen LogP contribution in [0.2, 0.25) is 0 Å². The molecule has 1 rings (SSSR count). The van der Waals surface area contributed by atoms with Crippen LogP contribution in [0.4, 0.5) is 0 Å². The highest BCUT2D eigenvalue weighted by atomic mass is 15.1. The Bertz CT molecular complexity index is 230. The summed E-state index contributed by atoms with van der Waals surface area (Å²) in [6, 6.07) is 0.567. The van der Waals surface area contributed by atoms with Gasteiger partial charge in [0.25, 0.3) is 0 Å². The van der Waals surface area contributed by atoms with Crippen molar-refractivity contribution >= 4 is 0 Å². The van der Waals surface area contributed by atoms with Crippen molar-refractivity contribution in [2.45, 2.75) is 39.7 Å². The molecule has 0 aromatic carbocycles. The van der Waals surface area contributed by atoms with Gasteiger partial charge in [0.1, 0.15) is 0 Å². The van der Waals surface area contributed by atoms with E-state index in [9.17, 15) is 0 Å². The van der Waals surface area contributed by atoms with Crippen LogP contribution in [0, 0.1) is 11.3 Å². The Morgan fingerprint density at radius 1 is 1.28 bits per heavy atom. The Balaban J connectivity index is 2.35. The number of hydrogen-bond donors (Lipinski definition) is 1. The van der Waals surface area contributed by atoms with E-state index < -0.39 is 0 Å². The van der Waals surface area contributed by atoms with Crippen molar-refractivity contribution in [3.05, 3.63) is 0 Å². The molecule has 0 saturated carbocycles. The standard InChI is InChI=1S/C15H33N3/c1-13(16-4)15(2,3)12-18-9-7-14(8-10-18)11-17(5)6/h13-14,16H,7-12H2,1-6H3. The lowest BCUT2D eigenvalue weighted by Crippen LogP contribution is -2.48. The quantitative estimate of drug-likeness (QED) is 0.782. The molecule has 0 aliphatic carbocycles. The Hall–Kier alpha value is -0.120. The first kappa shape index (κ1) is 15.9. The van der Waals surface area contributed by atoms with Gasteiger partial charge in [-0.1, -0.05) is 13.8 Å². The van der Waals surface area contributed by atoms with E-state index in [1.54, 1.807) is 0 Å². The smallest absolute Gasteiger partial charge is 0.00991 e. The fraction of sp³-hybridized carbons (Fsp3) is 1.00. The molecule has 0 spiro atoms. The van der Waals surface area contributed by atoms with Crippen LogP contribution in [0.1, 0.15) is 33.6 Å². The van der Waals surface area contributed by atoms with E-state index in [4.69, 9.17) is 0 Å². The summed E-state index contributed by atoms with van der Waals surface area (Å²) in [5, 5.41) is 3.40. The Kier molecular flexibility index (Phi) is 6.09. The maximum atomic E-state index is 3.40. The van der Waals surface area contributed by atoms with E-state index in [-0.39, 0.29) is 0 Å². The van der Waals surface area contributed by atoms with Gasteiger partial charge in [-0.25, -0.2) is 0 Å². The summed E-state index contributed by atoms with van der Waals surface area (Å²) in [6.45, 7) is 12.1. The molecular formula is C15H33N3. The molecule has 3 heteroatoms. The number of nitrogens with zero attached hydrogens (tertiary/aromatic N) is 2. The molecule has 0 amide bonds. The molecule has 1 aliphatic heterocycles. The zero-order chi connectivity index (χ0) is 13.8. The molecule has 1 atom stereocenters. The second-order valence-electron chi connectivity index (χ2n) is 6.98. The van der Waals surface area contributed by atoms with Gasteiger partial charge < -0.3 is 15.1 Å². The average Bonchev–Trinajstić information content (AvgIpc) is 2.29. The zero-order valence-corrected chi connectivity index (χ0v) is 13.3. The molecule has 18 heavy (non-hydrogen) atoms. The minimum absolute atomic E-state index is 0.350. The molecule has 1 N–H and O–H groups in total. The van der Waals surface area contributed by atoms with Gasteiger partial charge in [-0.3, -0.25) is 0 Å². The lowest BCUT2D eigenvalue weighted by molar-refractivity contribution is 0.101. The summed E-state index contributed by atoms with van der Waals surface area (Å²) in [6.07, 6.45) is 2.73. The first-order chi connectivity index (χ1) is 8.35. The Labute approximate surface area is 114 Å². The minimum atomic E-state index is 0.350. The third kappa shape index (κ3) is 4.87. The molecule has 1 fully saturated rings. The Morgan fingerprint density at radius 3 is 2.28 bits per heavy atom. The van der Waals surface area contributed by atoms with Crippen molar-refractivity contribution in [2.24, 2.45) is 11.3 Å². The SMILES string of the molecule is CNC(C)C(C)(C)CN1CCC(CN(C)C)CC1. The molecule has 0 bridgehead atoms. The van der Waals surface area contributed by atoms with Crippen molar-refractivity contribution < 1.29 is 0 Å². The average molecular weight is 255 g/mol. The van der Waals surface area contributed by atoms with Gasteiger partial charge in [0.05, 0.1) is 0 Å². The monoisotopic (exact) mass is 255 g/mol. The predicted molar refractivity (Wildman–Crippen MR) is 80.0 cm³/mol. The first-order valence-corrected chi connectivity index (χ1v) is 7.39. The lowest BCUT2D eigenvalue weighted by Gasteiger charge is -2.40. The maximum Gasteiger partial charge on any atom is 0.00991 e. The van der Waals surface area contributed by atoms with Crippen LogP contribution in [0.3, 0.4) is 0 Å². The van der Waals surface area contributed by atoms with Crippen LogP contribution >= 0.6 is 0 Å². The van der Waals surface area contributed by atoms with Gasteiger partial charge in [-0.05, 0) is 65.3 Å². The summed E-state index contributed by atoms with van der Waals surface area (Å²) < 4.78 is 0. The van der Waals surface area contributed by atoms with Crippen LogP contribution in [0.5, 0.6) is 0 Å². The van der Waals surface area contributed by atoms with Crippen LogP contribution in [0.25, 0.3) is 0 Å². The first-order valence-electron chi connectivity index (χ1n) is 7.39. The molecular weight excluding hydrogens is 222 g/mol. The summed E-state index contributed by atoms with van der Waals surface area (Å²) in [5.41, 5.74) is 0.350. The van der Waals surface area contributed by atoms with Crippen molar-refractivity contribution in [2.75, 3.05) is 47.3 Å². The number of nitrogens with one attached hydrogen (secondary N) is 1. The van der Waals surface area contributed by atoms with Gasteiger partial charge >= 0.3 is 0 Å². The molecule has 1 unspecified atom stereocenters. The summed E-state index contributed by atoms with van der Waals surface area (Å²) >= 11 is 0. The normalized spacial score (nSPS) is 21.5. The van der Waals surface area contributed by atoms with Gasteiger partial charge in [0.15, 0.2) is 0 Å². The minimum Gasteiger partial charge on any atom is -0.317 e. The summed E-state index contributed by atoms with van der Waals surface area (Å²) in [5.74, 6) is 0.904. The number of piperidine rings is 1. The molecule has 0 radical (unpaired) electrons. The fourth-order valence-electron chi connectivity index (χ4n) is 2.95. The molecule has 0 aromatic rings. The highest BCUT2D eigenvalue weighted by Gasteiger charge is 2.29. The topological polar surface area (TPSA) is 18.5 Å². The largest absolute Gasteiger partial charge is 0.317 e. The summed E-state index contributed by atoms with van der Waals surface area (Å²) in [7, 11) is 6.43. The van der Waals surface area contributed by atoms with Crippen molar-refractivity contribution in [3.8, 4) is 0 Å².